The van der Waals surface area contributed by atoms with Gasteiger partial charge in [-0.3, -0.25) is 0 Å². The Morgan fingerprint density at radius 2 is 1.81 bits per heavy atom. The largest absolute Gasteiger partial charge is 0.465 e. The second kappa shape index (κ2) is 5.16. The summed E-state index contributed by atoms with van der Waals surface area (Å²) in [4.78, 5) is 12.4. The fourth-order valence-electron chi connectivity index (χ4n) is 2.71. The third-order valence-electron chi connectivity index (χ3n) is 3.79. The third-order valence-corrected chi connectivity index (χ3v) is 3.79. The number of nitrogens with zero attached hydrogens (tertiary/aromatic N) is 1. The molecule has 0 saturated heterocycles. The van der Waals surface area contributed by atoms with E-state index < -0.39 is 17.7 Å². The number of hydrogen-bond donors (Lipinski definition) is 1. The van der Waals surface area contributed by atoms with Crippen molar-refractivity contribution in [2.45, 2.75) is 13.0 Å². The molecule has 0 spiro atoms. The predicted molar refractivity (Wildman–Crippen MR) is 73.9 cm³/mol. The Kier molecular flexibility index (Phi) is 3.33. The van der Waals surface area contributed by atoms with E-state index in [9.17, 15) is 13.6 Å². The van der Waals surface area contributed by atoms with Crippen molar-refractivity contribution >= 4 is 6.09 Å². The highest BCUT2D eigenvalue weighted by Gasteiger charge is 2.23. The Labute approximate surface area is 120 Å². The lowest BCUT2D eigenvalue weighted by Crippen LogP contribution is -2.35. The molecular weight excluding hydrogens is 276 g/mol. The zero-order chi connectivity index (χ0) is 15.0. The van der Waals surface area contributed by atoms with E-state index in [2.05, 4.69) is 0 Å². The van der Waals surface area contributed by atoms with Crippen molar-refractivity contribution in [1.82, 2.24) is 4.90 Å². The maximum Gasteiger partial charge on any atom is 0.407 e. The molecule has 3 rings (SSSR count). The quantitative estimate of drug-likeness (QED) is 0.870. The van der Waals surface area contributed by atoms with Crippen LogP contribution in [0.1, 0.15) is 11.1 Å². The Morgan fingerprint density at radius 1 is 1.10 bits per heavy atom. The molecule has 1 aliphatic rings. The number of rotatable bonds is 1. The minimum Gasteiger partial charge on any atom is -0.465 e. The van der Waals surface area contributed by atoms with Crippen molar-refractivity contribution in [3.63, 3.8) is 0 Å². The molecular formula is C16H13F2NO2. The third kappa shape index (κ3) is 2.35. The number of halogens is 2. The van der Waals surface area contributed by atoms with Crippen LogP contribution in [-0.4, -0.2) is 22.6 Å². The lowest BCUT2D eigenvalue weighted by atomic mass is 9.91. The van der Waals surface area contributed by atoms with Crippen molar-refractivity contribution in [2.75, 3.05) is 6.54 Å². The van der Waals surface area contributed by atoms with Crippen molar-refractivity contribution in [2.24, 2.45) is 0 Å². The van der Waals surface area contributed by atoms with E-state index in [1.165, 1.54) is 17.0 Å². The molecule has 108 valence electrons. The summed E-state index contributed by atoms with van der Waals surface area (Å²) in [5.41, 5.74) is 2.44. The first-order valence-corrected chi connectivity index (χ1v) is 6.61. The first-order chi connectivity index (χ1) is 10.1. The van der Waals surface area contributed by atoms with Crippen molar-refractivity contribution in [3.05, 3.63) is 59.2 Å². The van der Waals surface area contributed by atoms with E-state index in [1.54, 1.807) is 12.1 Å². The van der Waals surface area contributed by atoms with Gasteiger partial charge >= 0.3 is 6.09 Å². The van der Waals surface area contributed by atoms with E-state index in [4.69, 9.17) is 5.11 Å². The fraction of sp³-hybridized carbons (Fsp3) is 0.188. The van der Waals surface area contributed by atoms with E-state index in [1.807, 2.05) is 6.07 Å². The summed E-state index contributed by atoms with van der Waals surface area (Å²) >= 11 is 0. The van der Waals surface area contributed by atoms with Crippen LogP contribution in [0.25, 0.3) is 11.1 Å². The van der Waals surface area contributed by atoms with Crippen molar-refractivity contribution < 1.29 is 18.7 Å². The van der Waals surface area contributed by atoms with Gasteiger partial charge in [-0.25, -0.2) is 13.6 Å². The number of carbonyl (C=O) groups is 1. The Hall–Kier alpha value is -2.43. The Balaban J connectivity index is 2.13. The highest BCUT2D eigenvalue weighted by atomic mass is 19.2. The van der Waals surface area contributed by atoms with Crippen LogP contribution >= 0.6 is 0 Å². The molecule has 0 aliphatic carbocycles. The number of fused-ring (bicyclic) bond motifs is 1. The van der Waals surface area contributed by atoms with Gasteiger partial charge in [0.15, 0.2) is 11.6 Å². The van der Waals surface area contributed by atoms with Crippen LogP contribution in [0.15, 0.2) is 36.4 Å². The summed E-state index contributed by atoms with van der Waals surface area (Å²) in [6.45, 7) is 0.605. The van der Waals surface area contributed by atoms with Crippen LogP contribution in [0.4, 0.5) is 13.6 Å². The smallest absolute Gasteiger partial charge is 0.407 e. The van der Waals surface area contributed by atoms with Crippen LogP contribution < -0.4 is 0 Å². The van der Waals surface area contributed by atoms with Crippen LogP contribution in [-0.2, 0) is 13.0 Å². The summed E-state index contributed by atoms with van der Waals surface area (Å²) < 4.78 is 27.4. The SMILES string of the molecule is O=C(O)N1CCc2cccc(-c3cccc(F)c3F)c2C1. The Morgan fingerprint density at radius 3 is 2.57 bits per heavy atom. The minimum atomic E-state index is -1.00. The molecule has 0 fully saturated rings. The van der Waals surface area contributed by atoms with Gasteiger partial charge in [0.2, 0.25) is 0 Å². The molecule has 1 N–H and O–H groups in total. The van der Waals surface area contributed by atoms with E-state index >= 15 is 0 Å². The molecule has 0 unspecified atom stereocenters. The van der Waals surface area contributed by atoms with Crippen LogP contribution in [0.3, 0.4) is 0 Å². The first-order valence-electron chi connectivity index (χ1n) is 6.61. The van der Waals surface area contributed by atoms with E-state index in [0.717, 1.165) is 17.2 Å². The zero-order valence-corrected chi connectivity index (χ0v) is 11.1. The summed E-state index contributed by atoms with van der Waals surface area (Å²) in [5.74, 6) is -1.81. The average Bonchev–Trinajstić information content (AvgIpc) is 2.49. The highest BCUT2D eigenvalue weighted by molar-refractivity contribution is 5.72. The number of carboxylic acid groups (broad SMARTS) is 1. The number of benzene rings is 2. The summed E-state index contributed by atoms with van der Waals surface area (Å²) in [6, 6.07) is 9.41. The molecule has 0 saturated carbocycles. The molecule has 2 aromatic carbocycles. The molecule has 1 amide bonds. The monoisotopic (exact) mass is 289 g/mol. The van der Waals surface area contributed by atoms with Crippen molar-refractivity contribution in [1.29, 1.82) is 0 Å². The van der Waals surface area contributed by atoms with Gasteiger partial charge in [-0.15, -0.1) is 0 Å². The standard InChI is InChI=1S/C16H13F2NO2/c17-14-6-2-5-12(15(14)18)11-4-1-3-10-7-8-19(16(20)21)9-13(10)11/h1-6H,7-9H2,(H,20,21). The molecule has 3 nitrogen and oxygen atoms in total. The zero-order valence-electron chi connectivity index (χ0n) is 11.1. The molecule has 2 aromatic rings. The molecule has 0 atom stereocenters. The van der Waals surface area contributed by atoms with Gasteiger partial charge in [0.25, 0.3) is 0 Å². The molecule has 0 radical (unpaired) electrons. The van der Waals surface area contributed by atoms with Crippen LogP contribution in [0.5, 0.6) is 0 Å². The lowest BCUT2D eigenvalue weighted by Gasteiger charge is -2.28. The highest BCUT2D eigenvalue weighted by Crippen LogP contribution is 2.32. The maximum absolute atomic E-state index is 14.0. The van der Waals surface area contributed by atoms with Gasteiger partial charge in [0.05, 0.1) is 0 Å². The fourth-order valence-corrected chi connectivity index (χ4v) is 2.71. The molecule has 1 heterocycles. The lowest BCUT2D eigenvalue weighted by molar-refractivity contribution is 0.140. The second-order valence-corrected chi connectivity index (χ2v) is 5.00. The van der Waals surface area contributed by atoms with E-state index in [-0.39, 0.29) is 12.1 Å². The minimum absolute atomic E-state index is 0.166. The van der Waals surface area contributed by atoms with E-state index in [0.29, 0.717) is 18.5 Å². The van der Waals surface area contributed by atoms with Gasteiger partial charge < -0.3 is 10.0 Å². The average molecular weight is 289 g/mol. The summed E-state index contributed by atoms with van der Waals surface area (Å²) in [6.07, 6.45) is -0.429. The first kappa shape index (κ1) is 13.5. The predicted octanol–water partition coefficient (Wildman–Crippen LogP) is 3.67. The summed E-state index contributed by atoms with van der Waals surface area (Å²) in [5, 5.41) is 9.12. The normalized spacial score (nSPS) is 13.9. The molecule has 0 bridgehead atoms. The van der Waals surface area contributed by atoms with Gasteiger partial charge in [0, 0.05) is 18.7 Å². The van der Waals surface area contributed by atoms with Gasteiger partial charge in [-0.1, -0.05) is 30.3 Å². The number of hydrogen-bond acceptors (Lipinski definition) is 1. The van der Waals surface area contributed by atoms with Gasteiger partial charge in [-0.2, -0.15) is 0 Å². The Bertz CT molecular complexity index is 715. The van der Waals surface area contributed by atoms with Crippen LogP contribution in [0, 0.1) is 11.6 Å². The number of amides is 1. The topological polar surface area (TPSA) is 40.5 Å². The second-order valence-electron chi connectivity index (χ2n) is 5.00. The molecule has 1 aliphatic heterocycles. The summed E-state index contributed by atoms with van der Waals surface area (Å²) in [7, 11) is 0. The van der Waals surface area contributed by atoms with Crippen LogP contribution in [0.2, 0.25) is 0 Å². The molecule has 5 heteroatoms. The molecule has 21 heavy (non-hydrogen) atoms. The maximum atomic E-state index is 14.0. The molecule has 0 aromatic heterocycles. The van der Waals surface area contributed by atoms with Gasteiger partial charge in [0.1, 0.15) is 0 Å². The van der Waals surface area contributed by atoms with Gasteiger partial charge in [-0.05, 0) is 29.2 Å². The van der Waals surface area contributed by atoms with Crippen molar-refractivity contribution in [3.8, 4) is 11.1 Å².